The summed E-state index contributed by atoms with van der Waals surface area (Å²) in [5.41, 5.74) is 0.723. The van der Waals surface area contributed by atoms with Gasteiger partial charge in [-0.05, 0) is 85.4 Å². The lowest BCUT2D eigenvalue weighted by Crippen LogP contribution is -2.61. The number of hydrogen-bond acceptors (Lipinski definition) is 3. The van der Waals surface area contributed by atoms with Gasteiger partial charge in [0.05, 0.1) is 24.2 Å². The van der Waals surface area contributed by atoms with E-state index in [0.717, 1.165) is 37.0 Å². The minimum atomic E-state index is -0.317. The maximum Gasteiger partial charge on any atom is 0.0835 e. The molecule has 4 saturated carbocycles. The van der Waals surface area contributed by atoms with Gasteiger partial charge >= 0.3 is 0 Å². The van der Waals surface area contributed by atoms with Crippen molar-refractivity contribution in [1.82, 2.24) is 0 Å². The van der Waals surface area contributed by atoms with Crippen molar-refractivity contribution in [1.29, 1.82) is 5.26 Å². The van der Waals surface area contributed by atoms with E-state index in [2.05, 4.69) is 26.8 Å². The highest BCUT2D eigenvalue weighted by atomic mass is 16.5. The maximum absolute atomic E-state index is 10.6. The SMILES string of the molecule is CO[C@@H]1C[C@]2(C)[C@H]3CC[C@]4(C)[C@@H](C#N)CC[C@H]4[C@@H]3CC[C@@]2(C)C[C@@H]1O. The van der Waals surface area contributed by atoms with Crippen molar-refractivity contribution in [3.8, 4) is 6.07 Å². The number of aliphatic hydroxyl groups is 1. The fourth-order valence-electron chi connectivity index (χ4n) is 8.03. The molecule has 3 nitrogen and oxygen atoms in total. The lowest BCUT2D eigenvalue weighted by Gasteiger charge is -2.65. The number of fused-ring (bicyclic) bond motifs is 5. The van der Waals surface area contributed by atoms with Crippen LogP contribution in [0, 0.1) is 51.2 Å². The normalized spacial score (nSPS) is 57.9. The van der Waals surface area contributed by atoms with Crippen LogP contribution in [0.25, 0.3) is 0 Å². The first-order valence-electron chi connectivity index (χ1n) is 10.4. The molecule has 9 atom stereocenters. The van der Waals surface area contributed by atoms with Crippen molar-refractivity contribution >= 4 is 0 Å². The van der Waals surface area contributed by atoms with E-state index in [0.29, 0.717) is 0 Å². The molecule has 0 aromatic rings. The molecule has 0 spiro atoms. The number of nitrogens with zero attached hydrogens (tertiary/aromatic N) is 1. The molecule has 140 valence electrons. The second kappa shape index (κ2) is 5.70. The van der Waals surface area contributed by atoms with Gasteiger partial charge in [0, 0.05) is 7.11 Å². The number of hydrogen-bond donors (Lipinski definition) is 1. The third kappa shape index (κ3) is 2.23. The van der Waals surface area contributed by atoms with Crippen molar-refractivity contribution in [2.24, 2.45) is 39.9 Å². The van der Waals surface area contributed by atoms with E-state index in [1.165, 1.54) is 32.1 Å². The van der Waals surface area contributed by atoms with Crippen LogP contribution in [-0.2, 0) is 4.74 Å². The van der Waals surface area contributed by atoms with E-state index < -0.39 is 0 Å². The Labute approximate surface area is 153 Å². The summed E-state index contributed by atoms with van der Waals surface area (Å²) in [6.45, 7) is 7.34. The molecule has 4 fully saturated rings. The smallest absolute Gasteiger partial charge is 0.0835 e. The molecule has 0 unspecified atom stereocenters. The standard InChI is InChI=1S/C22H35NO2/c1-20-9-7-15-16-6-5-14(13-23)21(16,2)10-8-17(15)22(20,3)12-19(25-4)18(24)11-20/h14-19,24H,5-12H2,1-4H3/t14-,15+,16+,17+,18+,19-,20+,21-,22-/m1/s1. The van der Waals surface area contributed by atoms with Crippen LogP contribution in [0.3, 0.4) is 0 Å². The zero-order valence-electron chi connectivity index (χ0n) is 16.4. The molecule has 0 aliphatic heterocycles. The van der Waals surface area contributed by atoms with E-state index in [1.54, 1.807) is 7.11 Å². The Bertz CT molecular complexity index is 585. The van der Waals surface area contributed by atoms with Gasteiger partial charge in [-0.25, -0.2) is 0 Å². The van der Waals surface area contributed by atoms with Gasteiger partial charge in [-0.2, -0.15) is 5.26 Å². The summed E-state index contributed by atoms with van der Waals surface area (Å²) in [5, 5.41) is 20.2. The van der Waals surface area contributed by atoms with E-state index in [1.807, 2.05) is 0 Å². The summed E-state index contributed by atoms with van der Waals surface area (Å²) in [6.07, 6.45) is 8.89. The van der Waals surface area contributed by atoms with Crippen molar-refractivity contribution in [3.05, 3.63) is 0 Å². The predicted molar refractivity (Wildman–Crippen MR) is 97.6 cm³/mol. The molecule has 0 saturated heterocycles. The monoisotopic (exact) mass is 345 g/mol. The molecule has 0 amide bonds. The summed E-state index contributed by atoms with van der Waals surface area (Å²) < 4.78 is 5.69. The van der Waals surface area contributed by atoms with Crippen LogP contribution in [0.5, 0.6) is 0 Å². The van der Waals surface area contributed by atoms with Gasteiger partial charge in [0.2, 0.25) is 0 Å². The molecule has 4 rings (SSSR count). The van der Waals surface area contributed by atoms with Crippen molar-refractivity contribution in [2.45, 2.75) is 84.3 Å². The van der Waals surface area contributed by atoms with Gasteiger partial charge in [-0.3, -0.25) is 0 Å². The Kier molecular flexibility index (Phi) is 4.06. The first kappa shape index (κ1) is 17.8. The van der Waals surface area contributed by atoms with E-state index in [-0.39, 0.29) is 34.4 Å². The van der Waals surface area contributed by atoms with Crippen LogP contribution in [0.4, 0.5) is 0 Å². The molecule has 3 heteroatoms. The Morgan fingerprint density at radius 1 is 1.00 bits per heavy atom. The highest BCUT2D eigenvalue weighted by Gasteiger charge is 2.64. The number of methoxy groups -OCH3 is 1. The molecule has 0 aromatic heterocycles. The third-order valence-corrected chi connectivity index (χ3v) is 9.84. The largest absolute Gasteiger partial charge is 0.390 e. The molecule has 0 aromatic carbocycles. The van der Waals surface area contributed by atoms with Crippen LogP contribution >= 0.6 is 0 Å². The minimum Gasteiger partial charge on any atom is -0.390 e. The first-order valence-corrected chi connectivity index (χ1v) is 10.4. The molecule has 0 radical (unpaired) electrons. The zero-order valence-corrected chi connectivity index (χ0v) is 16.4. The van der Waals surface area contributed by atoms with Gasteiger partial charge in [0.15, 0.2) is 0 Å². The average molecular weight is 346 g/mol. The first-order chi connectivity index (χ1) is 11.8. The fraction of sp³-hybridized carbons (Fsp3) is 0.955. The molecule has 4 aliphatic carbocycles. The summed E-state index contributed by atoms with van der Waals surface area (Å²) in [6, 6.07) is 2.64. The van der Waals surface area contributed by atoms with Crippen molar-refractivity contribution in [2.75, 3.05) is 7.11 Å². The number of rotatable bonds is 1. The Morgan fingerprint density at radius 3 is 2.44 bits per heavy atom. The van der Waals surface area contributed by atoms with E-state index in [9.17, 15) is 10.4 Å². The lowest BCUT2D eigenvalue weighted by molar-refractivity contribution is -0.202. The Balaban J connectivity index is 1.67. The number of ether oxygens (including phenoxy) is 1. The van der Waals surface area contributed by atoms with Gasteiger partial charge in [0.1, 0.15) is 0 Å². The molecule has 25 heavy (non-hydrogen) atoms. The zero-order chi connectivity index (χ0) is 18.0. The van der Waals surface area contributed by atoms with E-state index in [4.69, 9.17) is 4.74 Å². The van der Waals surface area contributed by atoms with Crippen LogP contribution in [0.1, 0.15) is 72.1 Å². The quantitative estimate of drug-likeness (QED) is 0.759. The lowest BCUT2D eigenvalue weighted by atomic mass is 9.40. The maximum atomic E-state index is 10.6. The van der Waals surface area contributed by atoms with Crippen LogP contribution in [0.15, 0.2) is 0 Å². The summed E-state index contributed by atoms with van der Waals surface area (Å²) in [4.78, 5) is 0. The molecule has 0 heterocycles. The second-order valence-electron chi connectivity index (χ2n) is 10.4. The van der Waals surface area contributed by atoms with Gasteiger partial charge in [0.25, 0.3) is 0 Å². The van der Waals surface area contributed by atoms with Crippen LogP contribution in [-0.4, -0.2) is 24.4 Å². The van der Waals surface area contributed by atoms with Crippen LogP contribution < -0.4 is 0 Å². The Morgan fingerprint density at radius 2 is 1.76 bits per heavy atom. The second-order valence-corrected chi connectivity index (χ2v) is 10.4. The fourth-order valence-corrected chi connectivity index (χ4v) is 8.03. The molecule has 4 aliphatic rings. The molecular weight excluding hydrogens is 310 g/mol. The van der Waals surface area contributed by atoms with E-state index >= 15 is 0 Å². The molecule has 0 bridgehead atoms. The van der Waals surface area contributed by atoms with Gasteiger partial charge in [-0.15, -0.1) is 0 Å². The average Bonchev–Trinajstić information content (AvgIpc) is 2.92. The Hall–Kier alpha value is -0.590. The predicted octanol–water partition coefficient (Wildman–Crippen LogP) is 4.54. The molecule has 1 N–H and O–H groups in total. The van der Waals surface area contributed by atoms with Gasteiger partial charge in [-0.1, -0.05) is 20.8 Å². The van der Waals surface area contributed by atoms with Gasteiger partial charge < -0.3 is 9.84 Å². The van der Waals surface area contributed by atoms with Crippen LogP contribution in [0.2, 0.25) is 0 Å². The number of nitriles is 1. The summed E-state index contributed by atoms with van der Waals surface area (Å²) in [5.74, 6) is 2.49. The number of aliphatic hydroxyl groups excluding tert-OH is 1. The highest BCUT2D eigenvalue weighted by Crippen LogP contribution is 2.70. The van der Waals surface area contributed by atoms with Crippen molar-refractivity contribution in [3.63, 3.8) is 0 Å². The minimum absolute atomic E-state index is 0.0134. The summed E-state index contributed by atoms with van der Waals surface area (Å²) >= 11 is 0. The highest BCUT2D eigenvalue weighted by molar-refractivity contribution is 5.15. The topological polar surface area (TPSA) is 53.2 Å². The van der Waals surface area contributed by atoms with Crippen molar-refractivity contribution < 1.29 is 9.84 Å². The molecular formula is C22H35NO2. The summed E-state index contributed by atoms with van der Waals surface area (Å²) in [7, 11) is 1.76. The third-order valence-electron chi connectivity index (χ3n) is 9.84.